The number of thiophene rings is 2. The van der Waals surface area contributed by atoms with E-state index in [4.69, 9.17) is 0 Å². The zero-order chi connectivity index (χ0) is 17.0. The lowest BCUT2D eigenvalue weighted by Gasteiger charge is -2.13. The fourth-order valence-electron chi connectivity index (χ4n) is 3.32. The van der Waals surface area contributed by atoms with Crippen LogP contribution in [0.5, 0.6) is 0 Å². The lowest BCUT2D eigenvalue weighted by atomic mass is 9.96. The number of anilines is 1. The molecular weight excluding hydrogens is 350 g/mol. The lowest BCUT2D eigenvalue weighted by molar-refractivity contribution is 0.0926. The van der Waals surface area contributed by atoms with Crippen LogP contribution >= 0.6 is 22.7 Å². The molecule has 120 valence electrons. The van der Waals surface area contributed by atoms with Crippen molar-refractivity contribution in [1.29, 1.82) is 0 Å². The minimum Gasteiger partial charge on any atom is -0.268 e. The van der Waals surface area contributed by atoms with Gasteiger partial charge in [-0.05, 0) is 57.4 Å². The highest BCUT2D eigenvalue weighted by Gasteiger charge is 2.39. The molecule has 0 bridgehead atoms. The lowest BCUT2D eigenvalue weighted by Crippen LogP contribution is -2.29. The third-order valence-electron chi connectivity index (χ3n) is 4.42. The summed E-state index contributed by atoms with van der Waals surface area (Å²) in [6.45, 7) is 0. The van der Waals surface area contributed by atoms with Crippen LogP contribution in [0.4, 0.5) is 5.69 Å². The zero-order valence-electron chi connectivity index (χ0n) is 12.9. The molecule has 2 aromatic carbocycles. The van der Waals surface area contributed by atoms with Crippen molar-refractivity contribution in [2.75, 3.05) is 4.90 Å². The fourth-order valence-corrected chi connectivity index (χ4v) is 4.92. The second-order valence-corrected chi connectivity index (χ2v) is 7.50. The summed E-state index contributed by atoms with van der Waals surface area (Å²) in [4.78, 5) is 27.5. The maximum atomic E-state index is 13.2. The van der Waals surface area contributed by atoms with Crippen LogP contribution in [0.15, 0.2) is 64.7 Å². The van der Waals surface area contributed by atoms with Gasteiger partial charge < -0.3 is 0 Å². The molecular formula is C20H11NO2S2. The van der Waals surface area contributed by atoms with E-state index >= 15 is 0 Å². The molecule has 0 fully saturated rings. The number of para-hydroxylation sites is 1. The molecule has 0 saturated carbocycles. The molecule has 0 unspecified atom stereocenters. The normalized spacial score (nSPS) is 13.7. The van der Waals surface area contributed by atoms with E-state index in [0.29, 0.717) is 16.8 Å². The summed E-state index contributed by atoms with van der Waals surface area (Å²) in [6.07, 6.45) is 0. The largest absolute Gasteiger partial charge is 0.268 e. The Bertz CT molecular complexity index is 1130. The van der Waals surface area contributed by atoms with Crippen LogP contribution in [0, 0.1) is 0 Å². The highest BCUT2D eigenvalue weighted by molar-refractivity contribution is 7.18. The van der Waals surface area contributed by atoms with E-state index in [-0.39, 0.29) is 11.8 Å². The number of benzene rings is 2. The number of hydrogen-bond acceptors (Lipinski definition) is 4. The zero-order valence-corrected chi connectivity index (χ0v) is 14.6. The van der Waals surface area contributed by atoms with Crippen molar-refractivity contribution in [3.8, 4) is 11.1 Å². The maximum absolute atomic E-state index is 13.2. The minimum absolute atomic E-state index is 0.247. The molecule has 2 aromatic heterocycles. The summed E-state index contributed by atoms with van der Waals surface area (Å²) in [5.74, 6) is -0.501. The van der Waals surface area contributed by atoms with Crippen LogP contribution in [0.25, 0.3) is 21.2 Å². The summed E-state index contributed by atoms with van der Waals surface area (Å²) < 4.78 is 1.05. The predicted octanol–water partition coefficient (Wildman–Crippen LogP) is 5.43. The molecule has 5 heteroatoms. The number of fused-ring (bicyclic) bond motifs is 2. The van der Waals surface area contributed by atoms with Crippen molar-refractivity contribution >= 4 is 50.3 Å². The van der Waals surface area contributed by atoms with Crippen molar-refractivity contribution in [2.24, 2.45) is 0 Å². The summed E-state index contributed by atoms with van der Waals surface area (Å²) in [6, 6.07) is 15.0. The van der Waals surface area contributed by atoms with Gasteiger partial charge in [-0.15, -0.1) is 11.3 Å². The van der Waals surface area contributed by atoms with Crippen LogP contribution in [-0.2, 0) is 0 Å². The average molecular weight is 361 g/mol. The van der Waals surface area contributed by atoms with E-state index in [9.17, 15) is 9.59 Å². The van der Waals surface area contributed by atoms with Crippen molar-refractivity contribution < 1.29 is 9.59 Å². The Labute approximate surface area is 151 Å². The molecule has 0 saturated heterocycles. The first kappa shape index (κ1) is 14.6. The number of nitrogens with zero attached hydrogens (tertiary/aromatic N) is 1. The quantitative estimate of drug-likeness (QED) is 0.446. The average Bonchev–Trinajstić information content (AvgIpc) is 3.36. The van der Waals surface area contributed by atoms with Gasteiger partial charge in [-0.2, -0.15) is 11.3 Å². The summed E-state index contributed by atoms with van der Waals surface area (Å²) in [5.41, 5.74) is 3.47. The molecule has 0 atom stereocenters. The molecule has 3 heterocycles. The summed E-state index contributed by atoms with van der Waals surface area (Å²) in [7, 11) is 0. The number of carbonyl (C=O) groups is 2. The molecule has 25 heavy (non-hydrogen) atoms. The Kier molecular flexibility index (Phi) is 3.13. The van der Waals surface area contributed by atoms with Crippen LogP contribution in [0.3, 0.4) is 0 Å². The molecule has 5 rings (SSSR count). The number of carbonyl (C=O) groups excluding carboxylic acids is 2. The van der Waals surface area contributed by atoms with Crippen LogP contribution < -0.4 is 4.90 Å². The molecule has 2 amide bonds. The molecule has 3 nitrogen and oxygen atoms in total. The van der Waals surface area contributed by atoms with Gasteiger partial charge >= 0.3 is 0 Å². The number of hydrogen-bond donors (Lipinski definition) is 0. The van der Waals surface area contributed by atoms with Gasteiger partial charge in [-0.3, -0.25) is 9.59 Å². The first-order valence-corrected chi connectivity index (χ1v) is 9.58. The van der Waals surface area contributed by atoms with Crippen molar-refractivity contribution in [3.63, 3.8) is 0 Å². The van der Waals surface area contributed by atoms with E-state index < -0.39 is 0 Å². The minimum atomic E-state index is -0.254. The smallest absolute Gasteiger partial charge is 0.266 e. The van der Waals surface area contributed by atoms with Gasteiger partial charge in [0.1, 0.15) is 0 Å². The number of amides is 2. The molecule has 1 aliphatic rings. The summed E-state index contributed by atoms with van der Waals surface area (Å²) in [5, 5.41) is 7.02. The third kappa shape index (κ3) is 2.03. The van der Waals surface area contributed by atoms with Crippen LogP contribution in [-0.4, -0.2) is 11.8 Å². The molecule has 1 aliphatic heterocycles. The molecule has 0 aliphatic carbocycles. The second kappa shape index (κ2) is 5.37. The first-order valence-electron chi connectivity index (χ1n) is 7.76. The van der Waals surface area contributed by atoms with Gasteiger partial charge in [0, 0.05) is 10.3 Å². The standard InChI is InChI=1S/C20H11NO2S2/c22-19-15-10-12-7-9-25-18(12)16(13-6-8-24-11-13)17(15)20(23)21(19)14-4-2-1-3-5-14/h1-11H. The second-order valence-electron chi connectivity index (χ2n) is 5.81. The molecule has 0 N–H and O–H groups in total. The monoisotopic (exact) mass is 361 g/mol. The van der Waals surface area contributed by atoms with Crippen LogP contribution in [0.2, 0.25) is 0 Å². The highest BCUT2D eigenvalue weighted by Crippen LogP contribution is 2.42. The Balaban J connectivity index is 1.82. The fraction of sp³-hybridized carbons (Fsp3) is 0. The summed E-state index contributed by atoms with van der Waals surface area (Å²) >= 11 is 3.19. The SMILES string of the molecule is O=C1c2cc3ccsc3c(-c3ccsc3)c2C(=O)N1c1ccccc1. The molecule has 0 spiro atoms. The van der Waals surface area contributed by atoms with Gasteiger partial charge in [0.25, 0.3) is 11.8 Å². The van der Waals surface area contributed by atoms with E-state index in [1.54, 1.807) is 34.8 Å². The Morgan fingerprint density at radius 1 is 0.840 bits per heavy atom. The third-order valence-corrected chi connectivity index (χ3v) is 6.05. The molecule has 4 aromatic rings. The number of rotatable bonds is 2. The Morgan fingerprint density at radius 2 is 1.68 bits per heavy atom. The number of imide groups is 1. The molecule has 0 radical (unpaired) electrons. The van der Waals surface area contributed by atoms with E-state index in [1.807, 2.05) is 52.5 Å². The van der Waals surface area contributed by atoms with E-state index in [2.05, 4.69) is 0 Å². The van der Waals surface area contributed by atoms with Crippen molar-refractivity contribution in [3.05, 3.63) is 75.8 Å². The Morgan fingerprint density at radius 3 is 2.44 bits per heavy atom. The van der Waals surface area contributed by atoms with Crippen molar-refractivity contribution in [1.82, 2.24) is 0 Å². The van der Waals surface area contributed by atoms with Gasteiger partial charge in [-0.25, -0.2) is 4.90 Å². The first-order chi connectivity index (χ1) is 12.3. The highest BCUT2D eigenvalue weighted by atomic mass is 32.1. The van der Waals surface area contributed by atoms with Gasteiger partial charge in [0.05, 0.1) is 16.8 Å². The van der Waals surface area contributed by atoms with E-state index in [0.717, 1.165) is 21.2 Å². The van der Waals surface area contributed by atoms with Gasteiger partial charge in [0.15, 0.2) is 0 Å². The predicted molar refractivity (Wildman–Crippen MR) is 103 cm³/mol. The topological polar surface area (TPSA) is 37.4 Å². The van der Waals surface area contributed by atoms with Gasteiger partial charge in [0.2, 0.25) is 0 Å². The van der Waals surface area contributed by atoms with Crippen LogP contribution in [0.1, 0.15) is 20.7 Å². The Hall–Kier alpha value is -2.76. The van der Waals surface area contributed by atoms with E-state index in [1.165, 1.54) is 4.90 Å². The maximum Gasteiger partial charge on any atom is 0.266 e. The van der Waals surface area contributed by atoms with Crippen molar-refractivity contribution in [2.45, 2.75) is 0 Å². The van der Waals surface area contributed by atoms with Gasteiger partial charge in [-0.1, -0.05) is 18.2 Å².